The Bertz CT molecular complexity index is 967. The summed E-state index contributed by atoms with van der Waals surface area (Å²) in [6.45, 7) is 6.86. The molecule has 0 radical (unpaired) electrons. The van der Waals surface area contributed by atoms with Gasteiger partial charge in [0, 0.05) is 40.6 Å². The third-order valence-corrected chi connectivity index (χ3v) is 5.63. The first kappa shape index (κ1) is 14.6. The fraction of sp³-hybridized carbons (Fsp3) is 0.444. The van der Waals surface area contributed by atoms with E-state index in [0.29, 0.717) is 12.1 Å². The molecule has 2 atom stereocenters. The number of aromatic amines is 1. The number of halogens is 1. The Balaban J connectivity index is 1.74. The van der Waals surface area contributed by atoms with Crippen LogP contribution in [0.3, 0.4) is 0 Å². The van der Waals surface area contributed by atoms with Crippen LogP contribution in [0.4, 0.5) is 0 Å². The van der Waals surface area contributed by atoms with Gasteiger partial charge in [0.25, 0.3) is 0 Å². The molecule has 2 unspecified atom stereocenters. The van der Waals surface area contributed by atoms with Gasteiger partial charge in [0.2, 0.25) is 0 Å². The second kappa shape index (κ2) is 5.15. The van der Waals surface area contributed by atoms with Crippen LogP contribution >= 0.6 is 11.6 Å². The molecular weight excluding hydrogens is 324 g/mol. The van der Waals surface area contributed by atoms with Gasteiger partial charge >= 0.3 is 0 Å². The largest absolute Gasteiger partial charge is 0.375 e. The van der Waals surface area contributed by atoms with Crippen molar-refractivity contribution in [1.82, 2.24) is 20.1 Å². The molecule has 6 heteroatoms. The zero-order valence-electron chi connectivity index (χ0n) is 13.8. The van der Waals surface area contributed by atoms with Crippen molar-refractivity contribution in [3.63, 3.8) is 0 Å². The summed E-state index contributed by atoms with van der Waals surface area (Å²) in [5.74, 6) is 0. The number of aromatic nitrogens is 3. The predicted molar refractivity (Wildman–Crippen MR) is 94.4 cm³/mol. The van der Waals surface area contributed by atoms with Crippen molar-refractivity contribution in [2.45, 2.75) is 39.0 Å². The number of hydrogen-bond acceptors (Lipinski definition) is 4. The molecule has 1 aromatic carbocycles. The zero-order valence-corrected chi connectivity index (χ0v) is 14.5. The van der Waals surface area contributed by atoms with Crippen molar-refractivity contribution < 1.29 is 4.74 Å². The average molecular weight is 343 g/mol. The molecule has 2 fully saturated rings. The molecule has 2 bridgehead atoms. The number of fused-ring (bicyclic) bond motifs is 4. The third kappa shape index (κ3) is 2.08. The van der Waals surface area contributed by atoms with Crippen LogP contribution in [0.15, 0.2) is 12.1 Å². The summed E-state index contributed by atoms with van der Waals surface area (Å²) in [6, 6.07) is 4.54. The third-order valence-electron chi connectivity index (χ3n) is 5.41. The van der Waals surface area contributed by atoms with E-state index in [1.54, 1.807) is 0 Å². The Kier molecular flexibility index (Phi) is 3.14. The van der Waals surface area contributed by atoms with Gasteiger partial charge in [-0.05, 0) is 43.5 Å². The van der Waals surface area contributed by atoms with Crippen LogP contribution in [0, 0.1) is 13.8 Å². The van der Waals surface area contributed by atoms with E-state index < -0.39 is 0 Å². The normalized spacial score (nSPS) is 23.8. The predicted octanol–water partition coefficient (Wildman–Crippen LogP) is 3.35. The van der Waals surface area contributed by atoms with E-state index in [1.165, 1.54) is 5.56 Å². The van der Waals surface area contributed by atoms with E-state index in [0.717, 1.165) is 64.3 Å². The van der Waals surface area contributed by atoms with Gasteiger partial charge in [-0.1, -0.05) is 11.6 Å². The lowest BCUT2D eigenvalue weighted by Gasteiger charge is -2.27. The number of ether oxygens (including phenoxy) is 1. The first-order chi connectivity index (χ1) is 11.6. The van der Waals surface area contributed by atoms with Crippen LogP contribution < -0.4 is 0 Å². The van der Waals surface area contributed by atoms with E-state index in [1.807, 2.05) is 12.1 Å². The monoisotopic (exact) mass is 342 g/mol. The molecule has 24 heavy (non-hydrogen) atoms. The van der Waals surface area contributed by atoms with Gasteiger partial charge in [-0.25, -0.2) is 4.98 Å². The van der Waals surface area contributed by atoms with Crippen molar-refractivity contribution in [2.24, 2.45) is 0 Å². The SMILES string of the molecule is Cc1cc(Cl)cc2c(CN3CC4CC3CO4)c3c(C)[nH]nc3nc12. The summed E-state index contributed by atoms with van der Waals surface area (Å²) in [4.78, 5) is 7.31. The maximum absolute atomic E-state index is 6.36. The highest BCUT2D eigenvalue weighted by Crippen LogP contribution is 2.35. The summed E-state index contributed by atoms with van der Waals surface area (Å²) >= 11 is 6.36. The van der Waals surface area contributed by atoms with Crippen molar-refractivity contribution in [3.05, 3.63) is 34.0 Å². The average Bonchev–Trinajstić information content (AvgIpc) is 3.24. The molecule has 2 saturated heterocycles. The standard InChI is InChI=1S/C18H19ClN4O/c1-9-3-11(19)4-14-15(7-23-6-13-5-12(23)8-24-13)16-10(2)21-22-18(16)20-17(9)14/h3-4,12-13H,5-8H2,1-2H3,(H,20,21,22). The maximum Gasteiger partial charge on any atom is 0.182 e. The van der Waals surface area contributed by atoms with E-state index in [4.69, 9.17) is 21.3 Å². The molecule has 3 aromatic rings. The van der Waals surface area contributed by atoms with Gasteiger partial charge in [-0.3, -0.25) is 10.00 Å². The van der Waals surface area contributed by atoms with E-state index in [-0.39, 0.29) is 0 Å². The number of nitrogens with one attached hydrogen (secondary N) is 1. The smallest absolute Gasteiger partial charge is 0.182 e. The Labute approximate surface area is 144 Å². The molecule has 0 spiro atoms. The van der Waals surface area contributed by atoms with Crippen LogP contribution in [0.5, 0.6) is 0 Å². The van der Waals surface area contributed by atoms with Crippen LogP contribution in [0.2, 0.25) is 5.02 Å². The number of hydrogen-bond donors (Lipinski definition) is 1. The van der Waals surface area contributed by atoms with Gasteiger partial charge in [0.15, 0.2) is 5.65 Å². The highest BCUT2D eigenvalue weighted by molar-refractivity contribution is 6.31. The topological polar surface area (TPSA) is 54.0 Å². The molecule has 5 rings (SSSR count). The first-order valence-corrected chi connectivity index (χ1v) is 8.77. The Morgan fingerprint density at radius 1 is 1.38 bits per heavy atom. The lowest BCUT2D eigenvalue weighted by molar-refractivity contribution is 0.0276. The van der Waals surface area contributed by atoms with Crippen LogP contribution in [0.1, 0.15) is 23.2 Å². The first-order valence-electron chi connectivity index (χ1n) is 8.39. The lowest BCUT2D eigenvalue weighted by atomic mass is 10.0. The molecule has 5 nitrogen and oxygen atoms in total. The van der Waals surface area contributed by atoms with E-state index in [9.17, 15) is 0 Å². The van der Waals surface area contributed by atoms with Crippen molar-refractivity contribution in [1.29, 1.82) is 0 Å². The van der Waals surface area contributed by atoms with E-state index >= 15 is 0 Å². The van der Waals surface area contributed by atoms with Crippen molar-refractivity contribution >= 4 is 33.5 Å². The summed E-state index contributed by atoms with van der Waals surface area (Å²) in [6.07, 6.45) is 1.55. The molecule has 1 N–H and O–H groups in total. The Morgan fingerprint density at radius 2 is 2.25 bits per heavy atom. The van der Waals surface area contributed by atoms with E-state index in [2.05, 4.69) is 28.9 Å². The molecule has 0 aliphatic carbocycles. The second-order valence-electron chi connectivity index (χ2n) is 7.03. The molecule has 2 aromatic heterocycles. The van der Waals surface area contributed by atoms with Crippen LogP contribution in [-0.4, -0.2) is 45.4 Å². The number of H-pyrrole nitrogens is 1. The fourth-order valence-corrected chi connectivity index (χ4v) is 4.53. The number of morpholine rings is 1. The minimum atomic E-state index is 0.398. The highest BCUT2D eigenvalue weighted by Gasteiger charge is 2.39. The number of likely N-dealkylation sites (tertiary alicyclic amines) is 1. The molecule has 2 aliphatic rings. The van der Waals surface area contributed by atoms with Gasteiger partial charge in [0.05, 0.1) is 18.2 Å². The summed E-state index contributed by atoms with van der Waals surface area (Å²) in [5, 5.41) is 10.5. The quantitative estimate of drug-likeness (QED) is 0.776. The molecule has 0 amide bonds. The minimum Gasteiger partial charge on any atom is -0.375 e. The van der Waals surface area contributed by atoms with Gasteiger partial charge in [-0.15, -0.1) is 0 Å². The maximum atomic E-state index is 6.36. The minimum absolute atomic E-state index is 0.398. The van der Waals surface area contributed by atoms with Crippen LogP contribution in [-0.2, 0) is 11.3 Å². The number of pyridine rings is 1. The summed E-state index contributed by atoms with van der Waals surface area (Å²) in [7, 11) is 0. The van der Waals surface area contributed by atoms with Gasteiger partial charge < -0.3 is 4.74 Å². The highest BCUT2D eigenvalue weighted by atomic mass is 35.5. The Morgan fingerprint density at radius 3 is 3.00 bits per heavy atom. The van der Waals surface area contributed by atoms with Crippen LogP contribution in [0.25, 0.3) is 21.9 Å². The Hall–Kier alpha value is -1.69. The second-order valence-corrected chi connectivity index (χ2v) is 7.47. The fourth-order valence-electron chi connectivity index (χ4n) is 4.25. The zero-order chi connectivity index (χ0) is 16.4. The molecule has 4 heterocycles. The van der Waals surface area contributed by atoms with Gasteiger partial charge in [-0.2, -0.15) is 5.10 Å². The number of rotatable bonds is 2. The molecular formula is C18H19ClN4O. The summed E-state index contributed by atoms with van der Waals surface area (Å²) in [5.41, 5.74) is 5.22. The number of aryl methyl sites for hydroxylation is 2. The molecule has 0 saturated carbocycles. The van der Waals surface area contributed by atoms with Crippen molar-refractivity contribution in [2.75, 3.05) is 13.2 Å². The molecule has 124 valence electrons. The molecule has 2 aliphatic heterocycles. The number of nitrogens with zero attached hydrogens (tertiary/aromatic N) is 3. The summed E-state index contributed by atoms with van der Waals surface area (Å²) < 4.78 is 5.75. The van der Waals surface area contributed by atoms with Gasteiger partial charge in [0.1, 0.15) is 0 Å². The van der Waals surface area contributed by atoms with Crippen molar-refractivity contribution in [3.8, 4) is 0 Å². The number of benzene rings is 1. The lowest BCUT2D eigenvalue weighted by Crippen LogP contribution is -2.36.